The van der Waals surface area contributed by atoms with Crippen LogP contribution in [0.1, 0.15) is 34.6 Å². The highest BCUT2D eigenvalue weighted by Crippen LogP contribution is 2.54. The molecule has 8 heteroatoms. The van der Waals surface area contributed by atoms with Crippen molar-refractivity contribution in [3.63, 3.8) is 0 Å². The third-order valence-corrected chi connectivity index (χ3v) is 13.5. The van der Waals surface area contributed by atoms with Gasteiger partial charge in [0.2, 0.25) is 0 Å². The fourth-order valence-corrected chi connectivity index (χ4v) is 10.5. The molecule has 67 heavy (non-hydrogen) atoms. The zero-order chi connectivity index (χ0) is 50.1. The van der Waals surface area contributed by atoms with Crippen molar-refractivity contribution < 1.29 is 13.0 Å². The van der Waals surface area contributed by atoms with E-state index >= 15 is 0 Å². The maximum absolute atomic E-state index is 9.21. The van der Waals surface area contributed by atoms with E-state index in [1.165, 1.54) is 14.7 Å². The van der Waals surface area contributed by atoms with Crippen molar-refractivity contribution in [2.45, 2.75) is 26.2 Å². The molecule has 0 aliphatic carbocycles. The van der Waals surface area contributed by atoms with Gasteiger partial charge in [-0.3, -0.25) is 9.55 Å². The number of fused-ring (bicyclic) bond motifs is 10. The molecule has 0 N–H and O–H groups in total. The zero-order valence-corrected chi connectivity index (χ0v) is 37.1. The van der Waals surface area contributed by atoms with Gasteiger partial charge in [0.25, 0.3) is 0 Å². The fourth-order valence-electron chi connectivity index (χ4n) is 10.5. The average Bonchev–Trinajstić information content (AvgIpc) is 4.13. The number of para-hydroxylation sites is 4. The minimum atomic E-state index is -2.67. The Morgan fingerprint density at radius 1 is 0.552 bits per heavy atom. The summed E-state index contributed by atoms with van der Waals surface area (Å²) in [4.78, 5) is 13.6. The van der Waals surface area contributed by atoms with Crippen molar-refractivity contribution in [1.82, 2.24) is 23.7 Å². The molecule has 0 saturated carbocycles. The summed E-state index contributed by atoms with van der Waals surface area (Å²) in [5.74, 6) is 2.04. The Morgan fingerprint density at radius 2 is 1.22 bits per heavy atom. The molecule has 5 aromatic heterocycles. The Morgan fingerprint density at radius 3 is 1.94 bits per heavy atom. The summed E-state index contributed by atoms with van der Waals surface area (Å²) in [5, 5.41) is 4.99. The highest BCUT2D eigenvalue weighted by Gasteiger charge is 2.34. The number of ether oxygens (including phenoxy) is 1. The summed E-state index contributed by atoms with van der Waals surface area (Å²) in [7, 11) is 0. The average molecular weight is 876 g/mol. The van der Waals surface area contributed by atoms with E-state index in [4.69, 9.17) is 9.72 Å². The summed E-state index contributed by atoms with van der Waals surface area (Å²) in [6.07, 6.45) is 5.56. The first-order valence-electron chi connectivity index (χ1n) is 25.5. The SMILES string of the molecule is [2H]C([2H])([2H])n1c2ccccc2c2c(-c3ccccc3)c3c4ccccc4n(C([2H])([2H])[2H])c3c(N3CN(c4cccc(Oc5ccc6c7cnccc7n(-c7cc(C(C)(C)C)ccn7)c6c5)c4)c4ccccc43)c21. The van der Waals surface area contributed by atoms with Crippen LogP contribution in [0.25, 0.3) is 82.4 Å². The van der Waals surface area contributed by atoms with E-state index in [-0.39, 0.29) is 12.1 Å². The van der Waals surface area contributed by atoms with Gasteiger partial charge in [0.1, 0.15) is 24.0 Å². The lowest BCUT2D eigenvalue weighted by molar-refractivity contribution is 0.483. The molecule has 0 saturated heterocycles. The minimum absolute atomic E-state index is 0.0782. The zero-order valence-electron chi connectivity index (χ0n) is 43.1. The van der Waals surface area contributed by atoms with E-state index in [1.54, 1.807) is 6.20 Å². The molecular formula is C59H47N7O. The highest BCUT2D eigenvalue weighted by atomic mass is 16.5. The molecule has 12 aromatic rings. The summed E-state index contributed by atoms with van der Waals surface area (Å²) >= 11 is 0. The number of anilines is 4. The van der Waals surface area contributed by atoms with Crippen LogP contribution >= 0.6 is 0 Å². The van der Waals surface area contributed by atoms with Crippen molar-refractivity contribution in [3.05, 3.63) is 188 Å². The second-order valence-electron chi connectivity index (χ2n) is 18.4. The molecule has 6 heterocycles. The first-order chi connectivity index (χ1) is 35.1. The predicted octanol–water partition coefficient (Wildman–Crippen LogP) is 14.9. The number of pyridine rings is 2. The number of benzene rings is 7. The Hall–Kier alpha value is -8.36. The lowest BCUT2D eigenvalue weighted by Crippen LogP contribution is -2.25. The quantitative estimate of drug-likeness (QED) is 0.167. The second-order valence-corrected chi connectivity index (χ2v) is 18.4. The third kappa shape index (κ3) is 5.85. The van der Waals surface area contributed by atoms with Crippen LogP contribution in [0.3, 0.4) is 0 Å². The van der Waals surface area contributed by atoms with E-state index in [9.17, 15) is 8.22 Å². The molecule has 13 rings (SSSR count). The fraction of sp³-hybridized carbons (Fsp3) is 0.119. The van der Waals surface area contributed by atoms with Gasteiger partial charge in [0, 0.05) is 108 Å². The van der Waals surface area contributed by atoms with Gasteiger partial charge in [-0.15, -0.1) is 0 Å². The van der Waals surface area contributed by atoms with Crippen molar-refractivity contribution >= 4 is 88.2 Å². The van der Waals surface area contributed by atoms with Crippen molar-refractivity contribution in [2.75, 3.05) is 16.5 Å². The van der Waals surface area contributed by atoms with Crippen LogP contribution in [0.15, 0.2) is 182 Å². The normalized spacial score (nSPS) is 14.7. The molecule has 0 unspecified atom stereocenters. The predicted molar refractivity (Wildman–Crippen MR) is 277 cm³/mol. The molecule has 0 spiro atoms. The standard InChI is InChI=1S/C59H47N7O/c1-59(2,3)38-28-31-61-52(32-38)66-48-29-30-60-35-45(48)42-27-26-41(34-51(42)66)67-40-19-15-18-39(33-40)64-36-65(50-25-14-13-24-49(50)64)58-56-54(43-20-9-11-22-46(43)62(56)4)53(37-16-7-6-8-17-37)55-44-21-10-12-23-47(44)63(5)57(55)58/h6-35H,36H2,1-5H3/i4D3,5D3. The van der Waals surface area contributed by atoms with Crippen LogP contribution in [0.5, 0.6) is 11.5 Å². The van der Waals surface area contributed by atoms with Crippen molar-refractivity contribution in [2.24, 2.45) is 14.0 Å². The molecule has 1 aliphatic rings. The van der Waals surface area contributed by atoms with Crippen LogP contribution in [0.4, 0.5) is 22.7 Å². The number of aryl methyl sites for hydroxylation is 2. The van der Waals surface area contributed by atoms with Gasteiger partial charge < -0.3 is 23.7 Å². The maximum Gasteiger partial charge on any atom is 0.137 e. The number of hydrogen-bond acceptors (Lipinski definition) is 5. The van der Waals surface area contributed by atoms with Gasteiger partial charge in [-0.05, 0) is 83.3 Å². The highest BCUT2D eigenvalue weighted by molar-refractivity contribution is 6.33. The summed E-state index contributed by atoms with van der Waals surface area (Å²) in [5.41, 5.74) is 9.43. The number of nitrogens with zero attached hydrogens (tertiary/aromatic N) is 7. The molecule has 1 aliphatic heterocycles. The van der Waals surface area contributed by atoms with Crippen molar-refractivity contribution in [1.29, 1.82) is 0 Å². The molecule has 8 nitrogen and oxygen atoms in total. The first kappa shape index (κ1) is 33.2. The Kier molecular flexibility index (Phi) is 7.22. The molecule has 7 aromatic carbocycles. The number of hydrogen-bond donors (Lipinski definition) is 0. The molecular weight excluding hydrogens is 823 g/mol. The largest absolute Gasteiger partial charge is 0.457 e. The van der Waals surface area contributed by atoms with Crippen LogP contribution in [-0.2, 0) is 19.4 Å². The molecule has 0 fully saturated rings. The van der Waals surface area contributed by atoms with Gasteiger partial charge in [0.15, 0.2) is 0 Å². The summed E-state index contributed by atoms with van der Waals surface area (Å²) in [6, 6.07) is 53.3. The third-order valence-electron chi connectivity index (χ3n) is 13.5. The van der Waals surface area contributed by atoms with Crippen LogP contribution in [-0.4, -0.2) is 30.3 Å². The summed E-state index contributed by atoms with van der Waals surface area (Å²) < 4.78 is 67.1. The topological polar surface area (TPSA) is 56.3 Å². The molecule has 324 valence electrons. The van der Waals surface area contributed by atoms with Gasteiger partial charge in [-0.2, -0.15) is 0 Å². The van der Waals surface area contributed by atoms with Gasteiger partial charge in [-0.1, -0.05) is 106 Å². The van der Waals surface area contributed by atoms with Crippen molar-refractivity contribution in [3.8, 4) is 28.4 Å². The lowest BCUT2D eigenvalue weighted by Gasteiger charge is -2.26. The van der Waals surface area contributed by atoms with Crippen LogP contribution in [0.2, 0.25) is 0 Å². The van der Waals surface area contributed by atoms with Gasteiger partial charge >= 0.3 is 0 Å². The first-order valence-corrected chi connectivity index (χ1v) is 22.5. The van der Waals surface area contributed by atoms with E-state index < -0.39 is 14.0 Å². The second kappa shape index (κ2) is 14.6. The lowest BCUT2D eigenvalue weighted by atomic mass is 9.88. The number of aromatic nitrogens is 5. The van der Waals surface area contributed by atoms with E-state index in [1.807, 2.05) is 158 Å². The molecule has 0 atom stereocenters. The van der Waals surface area contributed by atoms with Crippen LogP contribution in [0, 0.1) is 0 Å². The Bertz CT molecular complexity index is 4090. The van der Waals surface area contributed by atoms with Gasteiger partial charge in [0.05, 0.1) is 39.1 Å². The van der Waals surface area contributed by atoms with E-state index in [2.05, 4.69) is 58.3 Å². The minimum Gasteiger partial charge on any atom is -0.457 e. The van der Waals surface area contributed by atoms with Crippen LogP contribution < -0.4 is 14.5 Å². The number of rotatable bonds is 6. The molecule has 0 radical (unpaired) electrons. The van der Waals surface area contributed by atoms with Gasteiger partial charge in [-0.25, -0.2) is 4.98 Å². The molecule has 0 bridgehead atoms. The maximum atomic E-state index is 9.21. The van der Waals surface area contributed by atoms with E-state index in [0.717, 1.165) is 77.4 Å². The van der Waals surface area contributed by atoms with E-state index in [0.29, 0.717) is 39.3 Å². The molecule has 0 amide bonds. The monoisotopic (exact) mass is 875 g/mol. The smallest absolute Gasteiger partial charge is 0.137 e. The summed E-state index contributed by atoms with van der Waals surface area (Å²) in [6.45, 7) is 1.47. The Labute approximate surface area is 396 Å². The Balaban J connectivity index is 1.00.